The number of aliphatic hydroxyl groups is 1. The van der Waals surface area contributed by atoms with Crippen LogP contribution in [0.3, 0.4) is 0 Å². The van der Waals surface area contributed by atoms with Crippen molar-refractivity contribution >= 4 is 0 Å². The van der Waals surface area contributed by atoms with Crippen molar-refractivity contribution in [3.63, 3.8) is 0 Å². The number of rotatable bonds is 5. The van der Waals surface area contributed by atoms with Crippen LogP contribution in [0.4, 0.5) is 4.39 Å². The van der Waals surface area contributed by atoms with E-state index in [4.69, 9.17) is 4.74 Å². The van der Waals surface area contributed by atoms with Crippen molar-refractivity contribution in [2.75, 3.05) is 13.7 Å². The van der Waals surface area contributed by atoms with Gasteiger partial charge in [0.2, 0.25) is 0 Å². The molecule has 100 valence electrons. The average molecular weight is 253 g/mol. The fourth-order valence-electron chi connectivity index (χ4n) is 2.47. The van der Waals surface area contributed by atoms with Crippen LogP contribution in [-0.2, 0) is 6.54 Å². The predicted octanol–water partition coefficient (Wildman–Crippen LogP) is 2.08. The molecule has 2 unspecified atom stereocenters. The molecule has 0 aromatic heterocycles. The average Bonchev–Trinajstić information content (AvgIpc) is 2.75. The van der Waals surface area contributed by atoms with Crippen LogP contribution in [0.5, 0.6) is 5.75 Å². The zero-order chi connectivity index (χ0) is 13.0. The second kappa shape index (κ2) is 6.16. The Morgan fingerprint density at radius 3 is 2.89 bits per heavy atom. The number of benzene rings is 1. The summed E-state index contributed by atoms with van der Waals surface area (Å²) in [5, 5.41) is 12.7. The summed E-state index contributed by atoms with van der Waals surface area (Å²) in [5.41, 5.74) is 0.909. The highest BCUT2D eigenvalue weighted by Gasteiger charge is 2.21. The molecular weight excluding hydrogens is 233 g/mol. The van der Waals surface area contributed by atoms with Gasteiger partial charge in [-0.15, -0.1) is 0 Å². The van der Waals surface area contributed by atoms with E-state index in [1.165, 1.54) is 13.2 Å². The first-order valence-corrected chi connectivity index (χ1v) is 6.40. The molecule has 1 saturated carbocycles. The minimum Gasteiger partial charge on any atom is -0.494 e. The summed E-state index contributed by atoms with van der Waals surface area (Å²) in [4.78, 5) is 0. The molecule has 0 spiro atoms. The highest BCUT2D eigenvalue weighted by Crippen LogP contribution is 2.24. The van der Waals surface area contributed by atoms with Crippen LogP contribution < -0.4 is 10.1 Å². The summed E-state index contributed by atoms with van der Waals surface area (Å²) in [6, 6.07) is 5.00. The Bertz CT molecular complexity index is 397. The lowest BCUT2D eigenvalue weighted by atomic mass is 10.1. The van der Waals surface area contributed by atoms with Gasteiger partial charge in [-0.05, 0) is 49.4 Å². The number of aliphatic hydroxyl groups excluding tert-OH is 1. The smallest absolute Gasteiger partial charge is 0.165 e. The first kappa shape index (κ1) is 13.3. The van der Waals surface area contributed by atoms with Crippen LogP contribution in [0.2, 0.25) is 0 Å². The third-order valence-electron chi connectivity index (χ3n) is 3.49. The predicted molar refractivity (Wildman–Crippen MR) is 68.0 cm³/mol. The van der Waals surface area contributed by atoms with E-state index >= 15 is 0 Å². The summed E-state index contributed by atoms with van der Waals surface area (Å²) in [7, 11) is 1.46. The van der Waals surface area contributed by atoms with Crippen LogP contribution in [0.1, 0.15) is 24.8 Å². The Morgan fingerprint density at radius 1 is 1.44 bits per heavy atom. The SMILES string of the molecule is COc1ccc(CNCC2CCC(O)C2)cc1F. The second-order valence-electron chi connectivity index (χ2n) is 4.93. The van der Waals surface area contributed by atoms with E-state index < -0.39 is 0 Å². The molecule has 0 saturated heterocycles. The Kier molecular flexibility index (Phi) is 4.55. The topological polar surface area (TPSA) is 41.5 Å². The number of halogens is 1. The van der Waals surface area contributed by atoms with Gasteiger partial charge in [0, 0.05) is 6.54 Å². The molecule has 2 N–H and O–H groups in total. The first-order valence-electron chi connectivity index (χ1n) is 6.40. The largest absolute Gasteiger partial charge is 0.494 e. The van der Waals surface area contributed by atoms with E-state index in [0.717, 1.165) is 31.4 Å². The van der Waals surface area contributed by atoms with Gasteiger partial charge in [0.15, 0.2) is 11.6 Å². The molecule has 1 aliphatic carbocycles. The molecule has 0 bridgehead atoms. The Morgan fingerprint density at radius 2 is 2.28 bits per heavy atom. The normalized spacial score (nSPS) is 23.3. The molecule has 18 heavy (non-hydrogen) atoms. The summed E-state index contributed by atoms with van der Waals surface area (Å²) >= 11 is 0. The number of hydrogen-bond donors (Lipinski definition) is 2. The molecule has 1 aliphatic rings. The van der Waals surface area contributed by atoms with E-state index in [9.17, 15) is 9.50 Å². The minimum atomic E-state index is -0.326. The van der Waals surface area contributed by atoms with Gasteiger partial charge in [-0.2, -0.15) is 0 Å². The lowest BCUT2D eigenvalue weighted by Gasteiger charge is -2.11. The van der Waals surface area contributed by atoms with Gasteiger partial charge in [0.1, 0.15) is 0 Å². The van der Waals surface area contributed by atoms with Gasteiger partial charge >= 0.3 is 0 Å². The standard InChI is InChI=1S/C14H20FNO2/c1-18-14-5-3-11(7-13(14)15)9-16-8-10-2-4-12(17)6-10/h3,5,7,10,12,16-17H,2,4,6,8-9H2,1H3. The van der Waals surface area contributed by atoms with Crippen LogP contribution in [0.25, 0.3) is 0 Å². The van der Waals surface area contributed by atoms with Crippen molar-refractivity contribution in [2.45, 2.75) is 31.9 Å². The molecule has 2 atom stereocenters. The maximum Gasteiger partial charge on any atom is 0.165 e. The third-order valence-corrected chi connectivity index (χ3v) is 3.49. The molecule has 4 heteroatoms. The van der Waals surface area contributed by atoms with Gasteiger partial charge in [-0.1, -0.05) is 6.07 Å². The molecule has 1 aromatic carbocycles. The van der Waals surface area contributed by atoms with Crippen molar-refractivity contribution in [3.8, 4) is 5.75 Å². The number of hydrogen-bond acceptors (Lipinski definition) is 3. The number of nitrogens with one attached hydrogen (secondary N) is 1. The fraction of sp³-hybridized carbons (Fsp3) is 0.571. The minimum absolute atomic E-state index is 0.129. The molecule has 0 radical (unpaired) electrons. The van der Waals surface area contributed by atoms with E-state index in [-0.39, 0.29) is 17.7 Å². The summed E-state index contributed by atoms with van der Waals surface area (Å²) in [5.74, 6) is 0.494. The molecule has 0 amide bonds. The highest BCUT2D eigenvalue weighted by molar-refractivity contribution is 5.29. The van der Waals surface area contributed by atoms with Crippen LogP contribution in [-0.4, -0.2) is 24.9 Å². The van der Waals surface area contributed by atoms with Crippen molar-refractivity contribution in [1.29, 1.82) is 0 Å². The zero-order valence-corrected chi connectivity index (χ0v) is 10.7. The summed E-state index contributed by atoms with van der Waals surface area (Å²) in [6.07, 6.45) is 2.73. The van der Waals surface area contributed by atoms with Gasteiger partial charge in [0.25, 0.3) is 0 Å². The van der Waals surface area contributed by atoms with E-state index in [1.54, 1.807) is 6.07 Å². The maximum absolute atomic E-state index is 13.4. The van der Waals surface area contributed by atoms with Crippen LogP contribution in [0, 0.1) is 11.7 Å². The molecule has 3 nitrogen and oxygen atoms in total. The Hall–Kier alpha value is -1.13. The van der Waals surface area contributed by atoms with Gasteiger partial charge < -0.3 is 15.2 Å². The molecule has 0 aliphatic heterocycles. The maximum atomic E-state index is 13.4. The molecule has 1 aromatic rings. The summed E-state index contributed by atoms with van der Waals surface area (Å²) < 4.78 is 18.3. The monoisotopic (exact) mass is 253 g/mol. The van der Waals surface area contributed by atoms with Crippen LogP contribution in [0.15, 0.2) is 18.2 Å². The number of ether oxygens (including phenoxy) is 1. The zero-order valence-electron chi connectivity index (χ0n) is 10.7. The Labute approximate surface area is 107 Å². The quantitative estimate of drug-likeness (QED) is 0.844. The van der Waals surface area contributed by atoms with E-state index in [2.05, 4.69) is 5.32 Å². The van der Waals surface area contributed by atoms with Gasteiger partial charge in [-0.3, -0.25) is 0 Å². The van der Waals surface area contributed by atoms with E-state index in [0.29, 0.717) is 12.5 Å². The van der Waals surface area contributed by atoms with Crippen molar-refractivity contribution in [3.05, 3.63) is 29.6 Å². The lowest BCUT2D eigenvalue weighted by molar-refractivity contribution is 0.177. The molecular formula is C14H20FNO2. The van der Waals surface area contributed by atoms with E-state index in [1.807, 2.05) is 6.07 Å². The van der Waals surface area contributed by atoms with Gasteiger partial charge in [0.05, 0.1) is 13.2 Å². The third kappa shape index (κ3) is 3.43. The van der Waals surface area contributed by atoms with Crippen molar-refractivity contribution in [1.82, 2.24) is 5.32 Å². The van der Waals surface area contributed by atoms with Gasteiger partial charge in [-0.25, -0.2) is 4.39 Å². The fourth-order valence-corrected chi connectivity index (χ4v) is 2.47. The molecule has 2 rings (SSSR count). The second-order valence-corrected chi connectivity index (χ2v) is 4.93. The van der Waals surface area contributed by atoms with Crippen molar-refractivity contribution in [2.24, 2.45) is 5.92 Å². The molecule has 0 heterocycles. The first-order chi connectivity index (χ1) is 8.69. The van der Waals surface area contributed by atoms with Crippen molar-refractivity contribution < 1.29 is 14.2 Å². The highest BCUT2D eigenvalue weighted by atomic mass is 19.1. The number of methoxy groups -OCH3 is 1. The Balaban J connectivity index is 1.78. The molecule has 1 fully saturated rings. The summed E-state index contributed by atoms with van der Waals surface area (Å²) in [6.45, 7) is 1.53. The lowest BCUT2D eigenvalue weighted by Crippen LogP contribution is -2.21. The van der Waals surface area contributed by atoms with Crippen LogP contribution >= 0.6 is 0 Å².